The lowest BCUT2D eigenvalue weighted by Gasteiger charge is -2.18. The van der Waals surface area contributed by atoms with E-state index in [0.717, 1.165) is 34.8 Å². The Balaban J connectivity index is 1.82. The molecular formula is C25H31BrF3N3O2Si. The summed E-state index contributed by atoms with van der Waals surface area (Å²) in [6.45, 7) is 9.52. The number of pyridine rings is 1. The number of imidazole rings is 1. The van der Waals surface area contributed by atoms with Crippen LogP contribution in [0.5, 0.6) is 5.75 Å². The van der Waals surface area contributed by atoms with E-state index in [9.17, 15) is 13.2 Å². The van der Waals surface area contributed by atoms with Crippen molar-refractivity contribution in [2.24, 2.45) is 0 Å². The van der Waals surface area contributed by atoms with Crippen LogP contribution in [0.1, 0.15) is 25.5 Å². The van der Waals surface area contributed by atoms with Gasteiger partial charge in [-0.05, 0) is 64.8 Å². The minimum atomic E-state index is -4.58. The molecule has 0 bridgehead atoms. The van der Waals surface area contributed by atoms with E-state index in [1.54, 1.807) is 12.1 Å². The lowest BCUT2D eigenvalue weighted by atomic mass is 10.1. The van der Waals surface area contributed by atoms with Crippen LogP contribution in [-0.4, -0.2) is 35.8 Å². The van der Waals surface area contributed by atoms with E-state index >= 15 is 0 Å². The van der Waals surface area contributed by atoms with Crippen molar-refractivity contribution >= 4 is 24.0 Å². The van der Waals surface area contributed by atoms with Crippen LogP contribution in [-0.2, 0) is 17.6 Å². The van der Waals surface area contributed by atoms with Crippen LogP contribution in [0.2, 0.25) is 25.7 Å². The summed E-state index contributed by atoms with van der Waals surface area (Å²) < 4.78 is 53.5. The molecule has 0 radical (unpaired) electrons. The first-order valence-corrected chi connectivity index (χ1v) is 16.1. The van der Waals surface area contributed by atoms with Crippen LogP contribution < -0.4 is 4.74 Å². The summed E-state index contributed by atoms with van der Waals surface area (Å²) in [5, 5.41) is 0. The van der Waals surface area contributed by atoms with Crippen LogP contribution in [0.25, 0.3) is 22.6 Å². The third-order valence-corrected chi connectivity index (χ3v) is 7.61. The number of unbranched alkanes of at least 4 members (excludes halogenated alkanes) is 1. The minimum absolute atomic E-state index is 0.149. The van der Waals surface area contributed by atoms with Gasteiger partial charge in [-0.2, -0.15) is 13.2 Å². The molecule has 0 atom stereocenters. The zero-order valence-electron chi connectivity index (χ0n) is 20.5. The van der Waals surface area contributed by atoms with Crippen molar-refractivity contribution in [1.29, 1.82) is 0 Å². The molecular weight excluding hydrogens is 539 g/mol. The van der Waals surface area contributed by atoms with Gasteiger partial charge in [-0.15, -0.1) is 0 Å². The number of halogens is 4. The molecule has 2 heterocycles. The van der Waals surface area contributed by atoms with E-state index in [4.69, 9.17) is 9.47 Å². The molecule has 0 saturated heterocycles. The van der Waals surface area contributed by atoms with Crippen molar-refractivity contribution in [3.8, 4) is 28.4 Å². The Morgan fingerprint density at radius 2 is 1.69 bits per heavy atom. The largest absolute Gasteiger partial charge is 0.494 e. The van der Waals surface area contributed by atoms with Gasteiger partial charge >= 0.3 is 6.18 Å². The normalized spacial score (nSPS) is 12.2. The van der Waals surface area contributed by atoms with Crippen molar-refractivity contribution in [2.45, 2.75) is 58.4 Å². The van der Waals surface area contributed by atoms with Gasteiger partial charge in [0, 0.05) is 32.0 Å². The van der Waals surface area contributed by atoms with E-state index in [2.05, 4.69) is 52.5 Å². The maximum Gasteiger partial charge on any atom is 0.434 e. The van der Waals surface area contributed by atoms with E-state index < -0.39 is 19.9 Å². The maximum absolute atomic E-state index is 13.8. The summed E-state index contributed by atoms with van der Waals surface area (Å²) >= 11 is 2.99. The van der Waals surface area contributed by atoms with Crippen LogP contribution in [0.15, 0.2) is 47.2 Å². The topological polar surface area (TPSA) is 49.2 Å². The summed E-state index contributed by atoms with van der Waals surface area (Å²) in [6.07, 6.45) is -0.983. The molecule has 0 aliphatic rings. The molecule has 0 fully saturated rings. The molecule has 3 aromatic rings. The molecule has 3 rings (SSSR count). The van der Waals surface area contributed by atoms with Crippen LogP contribution in [0.3, 0.4) is 0 Å². The number of hydrogen-bond donors (Lipinski definition) is 0. The zero-order chi connectivity index (χ0) is 25.6. The second-order valence-corrected chi connectivity index (χ2v) is 15.9. The molecule has 1 aromatic carbocycles. The SMILES string of the molecule is CCCCOc1ccc(-c2ccc(-c3nc(Br)c(C(F)(F)F)n3COCC[Si](C)(C)C)cn2)cc1. The van der Waals surface area contributed by atoms with E-state index in [1.807, 2.05) is 24.3 Å². The highest BCUT2D eigenvalue weighted by Crippen LogP contribution is 2.38. The fourth-order valence-electron chi connectivity index (χ4n) is 3.33. The van der Waals surface area contributed by atoms with Crippen LogP contribution in [0.4, 0.5) is 13.2 Å². The molecule has 0 N–H and O–H groups in total. The second-order valence-electron chi connectivity index (χ2n) is 9.51. The third kappa shape index (κ3) is 7.65. The predicted octanol–water partition coefficient (Wildman–Crippen LogP) is 7.88. The van der Waals surface area contributed by atoms with Gasteiger partial charge in [0.1, 0.15) is 22.9 Å². The maximum atomic E-state index is 13.8. The molecule has 0 aliphatic heterocycles. The third-order valence-electron chi connectivity index (χ3n) is 5.35. The molecule has 190 valence electrons. The Morgan fingerprint density at radius 1 is 1.00 bits per heavy atom. The number of nitrogens with zero attached hydrogens (tertiary/aromatic N) is 3. The second kappa shape index (κ2) is 11.7. The average Bonchev–Trinajstić information content (AvgIpc) is 3.13. The van der Waals surface area contributed by atoms with Crippen LogP contribution in [0, 0.1) is 0 Å². The van der Waals surface area contributed by atoms with Gasteiger partial charge in [0.25, 0.3) is 0 Å². The average molecular weight is 571 g/mol. The molecule has 0 amide bonds. The summed E-state index contributed by atoms with van der Waals surface area (Å²) in [5.74, 6) is 0.940. The fourth-order valence-corrected chi connectivity index (χ4v) is 4.69. The molecule has 2 aromatic heterocycles. The summed E-state index contributed by atoms with van der Waals surface area (Å²) in [5.41, 5.74) is 1.18. The summed E-state index contributed by atoms with van der Waals surface area (Å²) in [6, 6.07) is 12.0. The van der Waals surface area contributed by atoms with Gasteiger partial charge in [0.05, 0.1) is 12.3 Å². The Hall–Kier alpha value is -2.17. The van der Waals surface area contributed by atoms with Gasteiger partial charge in [-0.25, -0.2) is 4.98 Å². The number of hydrogen-bond acceptors (Lipinski definition) is 4. The van der Waals surface area contributed by atoms with Crippen LogP contribution >= 0.6 is 15.9 Å². The first kappa shape index (κ1) is 27.4. The van der Waals surface area contributed by atoms with Crippen molar-refractivity contribution in [3.63, 3.8) is 0 Å². The molecule has 0 unspecified atom stereocenters. The van der Waals surface area contributed by atoms with Gasteiger partial charge < -0.3 is 9.47 Å². The van der Waals surface area contributed by atoms with Gasteiger partial charge in [0.2, 0.25) is 0 Å². The van der Waals surface area contributed by atoms with Gasteiger partial charge in [-0.3, -0.25) is 9.55 Å². The Morgan fingerprint density at radius 3 is 2.26 bits per heavy atom. The number of aromatic nitrogens is 3. The summed E-state index contributed by atoms with van der Waals surface area (Å²) in [4.78, 5) is 8.63. The first-order chi connectivity index (χ1) is 16.5. The zero-order valence-corrected chi connectivity index (χ0v) is 23.0. The lowest BCUT2D eigenvalue weighted by Crippen LogP contribution is -2.23. The standard InChI is InChI=1S/C25H31BrF3N3O2Si/c1-5-6-13-34-20-10-7-18(8-11-20)21-12-9-19(16-30-21)24-31-23(26)22(25(27,28)29)32(24)17-33-14-15-35(2,3)4/h7-12,16H,5-6,13-15,17H2,1-4H3. The highest BCUT2D eigenvalue weighted by Gasteiger charge is 2.39. The van der Waals surface area contributed by atoms with E-state index in [1.165, 1.54) is 6.20 Å². The van der Waals surface area contributed by atoms with Crippen molar-refractivity contribution in [2.75, 3.05) is 13.2 Å². The number of alkyl halides is 3. The van der Waals surface area contributed by atoms with E-state index in [0.29, 0.717) is 24.5 Å². The lowest BCUT2D eigenvalue weighted by molar-refractivity contribution is -0.146. The molecule has 5 nitrogen and oxygen atoms in total. The quantitative estimate of drug-likeness (QED) is 0.174. The fraction of sp³-hybridized carbons (Fsp3) is 0.440. The number of ether oxygens (including phenoxy) is 2. The van der Waals surface area contributed by atoms with Crippen molar-refractivity contribution < 1.29 is 22.6 Å². The number of rotatable bonds is 11. The number of benzene rings is 1. The Bertz CT molecular complexity index is 1100. The predicted molar refractivity (Wildman–Crippen MR) is 138 cm³/mol. The van der Waals surface area contributed by atoms with Crippen molar-refractivity contribution in [3.05, 3.63) is 52.9 Å². The monoisotopic (exact) mass is 569 g/mol. The Labute approximate surface area is 213 Å². The van der Waals surface area contributed by atoms with Crippen molar-refractivity contribution in [1.82, 2.24) is 14.5 Å². The molecule has 0 saturated carbocycles. The molecule has 0 spiro atoms. The highest BCUT2D eigenvalue weighted by atomic mass is 79.9. The Kier molecular flexibility index (Phi) is 9.17. The minimum Gasteiger partial charge on any atom is -0.494 e. The first-order valence-electron chi connectivity index (χ1n) is 11.6. The summed E-state index contributed by atoms with van der Waals surface area (Å²) in [7, 11) is -1.37. The molecule has 10 heteroatoms. The molecule has 35 heavy (non-hydrogen) atoms. The highest BCUT2D eigenvalue weighted by molar-refractivity contribution is 9.10. The molecule has 0 aliphatic carbocycles. The van der Waals surface area contributed by atoms with Gasteiger partial charge in [0.15, 0.2) is 5.69 Å². The van der Waals surface area contributed by atoms with Gasteiger partial charge in [-0.1, -0.05) is 33.0 Å². The van der Waals surface area contributed by atoms with E-state index in [-0.39, 0.29) is 17.2 Å². The smallest absolute Gasteiger partial charge is 0.434 e.